The van der Waals surface area contributed by atoms with Crippen molar-refractivity contribution < 1.29 is 4.79 Å². The van der Waals surface area contributed by atoms with Crippen molar-refractivity contribution in [3.05, 3.63) is 39.8 Å². The molecule has 1 atom stereocenters. The number of carbonyl (C=O) groups is 1. The molecule has 0 aliphatic carbocycles. The lowest BCUT2D eigenvalue weighted by Crippen LogP contribution is -2.38. The Labute approximate surface area is 141 Å². The van der Waals surface area contributed by atoms with Gasteiger partial charge in [-0.3, -0.25) is 14.4 Å². The fraction of sp³-hybridized carbons (Fsp3) is 0.529. The average Bonchev–Trinajstić information content (AvgIpc) is 3.24. The van der Waals surface area contributed by atoms with Crippen molar-refractivity contribution in [3.8, 4) is 0 Å². The lowest BCUT2D eigenvalue weighted by molar-refractivity contribution is -0.122. The highest BCUT2D eigenvalue weighted by molar-refractivity contribution is 7.10. The third-order valence-electron chi connectivity index (χ3n) is 4.34. The van der Waals surface area contributed by atoms with Gasteiger partial charge in [0.1, 0.15) is 6.54 Å². The molecule has 6 heteroatoms. The van der Waals surface area contributed by atoms with Gasteiger partial charge in [-0.05, 0) is 57.3 Å². The van der Waals surface area contributed by atoms with Crippen molar-refractivity contribution >= 4 is 17.2 Å². The zero-order valence-corrected chi connectivity index (χ0v) is 14.6. The molecule has 1 aliphatic heterocycles. The van der Waals surface area contributed by atoms with Crippen LogP contribution < -0.4 is 5.32 Å². The van der Waals surface area contributed by atoms with E-state index < -0.39 is 0 Å². The molecule has 1 fully saturated rings. The Morgan fingerprint density at radius 2 is 2.17 bits per heavy atom. The molecule has 0 spiro atoms. The first-order valence-electron chi connectivity index (χ1n) is 8.18. The number of nitrogens with zero attached hydrogens (tertiary/aromatic N) is 3. The zero-order chi connectivity index (χ0) is 16.2. The van der Waals surface area contributed by atoms with Gasteiger partial charge in [0.05, 0.1) is 11.7 Å². The molecule has 23 heavy (non-hydrogen) atoms. The van der Waals surface area contributed by atoms with E-state index in [0.717, 1.165) is 24.5 Å². The molecule has 3 rings (SSSR count). The summed E-state index contributed by atoms with van der Waals surface area (Å²) < 4.78 is 1.76. The lowest BCUT2D eigenvalue weighted by atomic mass is 10.2. The van der Waals surface area contributed by atoms with E-state index >= 15 is 0 Å². The maximum absolute atomic E-state index is 12.3. The van der Waals surface area contributed by atoms with Gasteiger partial charge in [-0.1, -0.05) is 6.07 Å². The minimum atomic E-state index is 0.0250. The summed E-state index contributed by atoms with van der Waals surface area (Å²) in [5.41, 5.74) is 1.97. The molecule has 0 bridgehead atoms. The molecule has 1 aliphatic rings. The molecule has 1 amide bonds. The second-order valence-corrected chi connectivity index (χ2v) is 7.14. The van der Waals surface area contributed by atoms with Crippen molar-refractivity contribution in [2.45, 2.75) is 39.3 Å². The Kier molecular flexibility index (Phi) is 5.13. The maximum Gasteiger partial charge on any atom is 0.241 e. The molecule has 0 unspecified atom stereocenters. The maximum atomic E-state index is 12.3. The number of aromatic nitrogens is 2. The van der Waals surface area contributed by atoms with Gasteiger partial charge >= 0.3 is 0 Å². The van der Waals surface area contributed by atoms with Gasteiger partial charge in [-0.15, -0.1) is 11.3 Å². The topological polar surface area (TPSA) is 50.2 Å². The van der Waals surface area contributed by atoms with E-state index in [1.54, 1.807) is 16.0 Å². The number of amides is 1. The minimum Gasteiger partial charge on any atom is -0.353 e. The van der Waals surface area contributed by atoms with Gasteiger partial charge in [0.2, 0.25) is 5.91 Å². The number of rotatable bonds is 6. The van der Waals surface area contributed by atoms with Crippen LogP contribution in [0.25, 0.3) is 0 Å². The second-order valence-electron chi connectivity index (χ2n) is 6.16. The van der Waals surface area contributed by atoms with Crippen LogP contribution in [0.1, 0.15) is 35.1 Å². The van der Waals surface area contributed by atoms with Crippen LogP contribution in [0.2, 0.25) is 0 Å². The predicted octanol–water partition coefficient (Wildman–Crippen LogP) is 2.51. The van der Waals surface area contributed by atoms with Crippen LogP contribution in [0.4, 0.5) is 0 Å². The molecule has 3 heterocycles. The first-order chi connectivity index (χ1) is 11.1. The number of carbonyl (C=O) groups excluding carboxylic acids is 1. The van der Waals surface area contributed by atoms with Crippen molar-refractivity contribution in [1.29, 1.82) is 0 Å². The fourth-order valence-corrected chi connectivity index (χ4v) is 4.04. The normalized spacial score (nSPS) is 16.6. The van der Waals surface area contributed by atoms with Crippen LogP contribution >= 0.6 is 11.3 Å². The van der Waals surface area contributed by atoms with Crippen molar-refractivity contribution in [3.63, 3.8) is 0 Å². The number of thiophene rings is 1. The zero-order valence-electron chi connectivity index (χ0n) is 13.8. The van der Waals surface area contributed by atoms with E-state index in [1.165, 1.54) is 17.7 Å². The molecule has 1 saturated heterocycles. The number of nitrogens with one attached hydrogen (secondary N) is 1. The smallest absolute Gasteiger partial charge is 0.241 e. The van der Waals surface area contributed by atoms with Crippen molar-refractivity contribution in [2.75, 3.05) is 19.6 Å². The molecule has 5 nitrogen and oxygen atoms in total. The van der Waals surface area contributed by atoms with Crippen LogP contribution in [0.5, 0.6) is 0 Å². The Morgan fingerprint density at radius 3 is 2.78 bits per heavy atom. The molecular formula is C17H24N4OS. The van der Waals surface area contributed by atoms with Crippen LogP contribution in [-0.2, 0) is 11.3 Å². The third kappa shape index (κ3) is 4.00. The largest absolute Gasteiger partial charge is 0.353 e. The summed E-state index contributed by atoms with van der Waals surface area (Å²) in [5, 5.41) is 9.56. The van der Waals surface area contributed by atoms with Crippen LogP contribution in [0, 0.1) is 13.8 Å². The molecule has 124 valence electrons. The van der Waals surface area contributed by atoms with Crippen LogP contribution in [-0.4, -0.2) is 40.2 Å². The number of aryl methyl sites for hydroxylation is 2. The lowest BCUT2D eigenvalue weighted by Gasteiger charge is -2.27. The van der Waals surface area contributed by atoms with Crippen molar-refractivity contribution in [1.82, 2.24) is 20.0 Å². The summed E-state index contributed by atoms with van der Waals surface area (Å²) in [7, 11) is 0. The van der Waals surface area contributed by atoms with Crippen molar-refractivity contribution in [2.24, 2.45) is 0 Å². The third-order valence-corrected chi connectivity index (χ3v) is 5.32. The summed E-state index contributed by atoms with van der Waals surface area (Å²) in [6.07, 6.45) is 2.50. The number of hydrogen-bond acceptors (Lipinski definition) is 4. The van der Waals surface area contributed by atoms with Crippen LogP contribution in [0.15, 0.2) is 23.6 Å². The highest BCUT2D eigenvalue weighted by Crippen LogP contribution is 2.27. The molecule has 0 aromatic carbocycles. The Bertz CT molecular complexity index is 644. The minimum absolute atomic E-state index is 0.0250. The Morgan fingerprint density at radius 1 is 1.39 bits per heavy atom. The van der Waals surface area contributed by atoms with E-state index in [0.29, 0.717) is 12.6 Å². The molecule has 2 aromatic heterocycles. The van der Waals surface area contributed by atoms with Gasteiger partial charge in [-0.25, -0.2) is 0 Å². The van der Waals surface area contributed by atoms with Gasteiger partial charge in [0.25, 0.3) is 0 Å². The highest BCUT2D eigenvalue weighted by Gasteiger charge is 2.24. The Balaban J connectivity index is 1.60. The summed E-state index contributed by atoms with van der Waals surface area (Å²) in [6.45, 7) is 7.12. The van der Waals surface area contributed by atoms with Gasteiger partial charge in [0, 0.05) is 17.1 Å². The fourth-order valence-electron chi connectivity index (χ4n) is 3.18. The van der Waals surface area contributed by atoms with Gasteiger partial charge in [0.15, 0.2) is 0 Å². The highest BCUT2D eigenvalue weighted by atomic mass is 32.1. The van der Waals surface area contributed by atoms with E-state index in [9.17, 15) is 4.79 Å². The quantitative estimate of drug-likeness (QED) is 0.884. The van der Waals surface area contributed by atoms with Crippen LogP contribution in [0.3, 0.4) is 0 Å². The second kappa shape index (κ2) is 7.27. The molecule has 0 saturated carbocycles. The van der Waals surface area contributed by atoms with Gasteiger partial charge < -0.3 is 5.32 Å². The first kappa shape index (κ1) is 16.2. The predicted molar refractivity (Wildman–Crippen MR) is 92.6 cm³/mol. The van der Waals surface area contributed by atoms with E-state index in [-0.39, 0.29) is 12.5 Å². The van der Waals surface area contributed by atoms with E-state index in [2.05, 4.69) is 32.8 Å². The van der Waals surface area contributed by atoms with E-state index in [4.69, 9.17) is 0 Å². The monoisotopic (exact) mass is 332 g/mol. The Hall–Kier alpha value is -1.66. The number of likely N-dealkylation sites (tertiary alicyclic amines) is 1. The van der Waals surface area contributed by atoms with E-state index in [1.807, 2.05) is 19.9 Å². The number of hydrogen-bond donors (Lipinski definition) is 1. The molecule has 1 N–H and O–H groups in total. The molecule has 0 radical (unpaired) electrons. The first-order valence-corrected chi connectivity index (χ1v) is 9.06. The molecular weight excluding hydrogens is 308 g/mol. The molecule has 2 aromatic rings. The standard InChI is InChI=1S/C17H24N4OS/c1-13-10-14(2)21(19-13)12-17(22)18-11-15(16-6-5-9-23-16)20-7-3-4-8-20/h5-6,9-10,15H,3-4,7-8,11-12H2,1-2H3,(H,18,22)/t15-/m1/s1. The summed E-state index contributed by atoms with van der Waals surface area (Å²) >= 11 is 1.77. The average molecular weight is 332 g/mol. The summed E-state index contributed by atoms with van der Waals surface area (Å²) in [4.78, 5) is 16.1. The van der Waals surface area contributed by atoms with Gasteiger partial charge in [-0.2, -0.15) is 5.10 Å². The SMILES string of the molecule is Cc1cc(C)n(CC(=O)NC[C@H](c2cccs2)N2CCCC2)n1. The summed E-state index contributed by atoms with van der Waals surface area (Å²) in [6, 6.07) is 6.54. The summed E-state index contributed by atoms with van der Waals surface area (Å²) in [5.74, 6) is 0.0250.